The molecule has 1 fully saturated rings. The van der Waals surface area contributed by atoms with Crippen LogP contribution in [-0.4, -0.2) is 69.1 Å². The SMILES string of the molecule is OC[C@H]1NC[C@@H](O)[C@@H](O)[C@@H](O)[C@@H]1O. The molecule has 0 aromatic rings. The molecule has 1 aliphatic rings. The summed E-state index contributed by atoms with van der Waals surface area (Å²) < 4.78 is 0. The molecule has 6 N–H and O–H groups in total. The van der Waals surface area contributed by atoms with Gasteiger partial charge in [0.1, 0.15) is 18.3 Å². The van der Waals surface area contributed by atoms with Crippen LogP contribution in [0.3, 0.4) is 0 Å². The summed E-state index contributed by atoms with van der Waals surface area (Å²) >= 11 is 0. The van der Waals surface area contributed by atoms with Crippen LogP contribution >= 0.6 is 0 Å². The maximum absolute atomic E-state index is 9.36. The van der Waals surface area contributed by atoms with Crippen molar-refractivity contribution >= 4 is 0 Å². The lowest BCUT2D eigenvalue weighted by Gasteiger charge is -2.24. The Morgan fingerprint density at radius 1 is 1.00 bits per heavy atom. The van der Waals surface area contributed by atoms with Gasteiger partial charge in [-0.25, -0.2) is 0 Å². The van der Waals surface area contributed by atoms with Gasteiger partial charge in [-0.3, -0.25) is 0 Å². The van der Waals surface area contributed by atoms with Crippen LogP contribution in [0.15, 0.2) is 0 Å². The van der Waals surface area contributed by atoms with Crippen molar-refractivity contribution in [3.05, 3.63) is 0 Å². The van der Waals surface area contributed by atoms with Crippen LogP contribution in [0.25, 0.3) is 0 Å². The Labute approximate surface area is 75.4 Å². The summed E-state index contributed by atoms with van der Waals surface area (Å²) in [6, 6.07) is -0.721. The van der Waals surface area contributed by atoms with Crippen molar-refractivity contribution in [3.8, 4) is 0 Å². The number of hydrogen-bond donors (Lipinski definition) is 6. The topological polar surface area (TPSA) is 113 Å². The maximum atomic E-state index is 9.36. The Morgan fingerprint density at radius 3 is 2.15 bits per heavy atom. The molecule has 13 heavy (non-hydrogen) atoms. The first-order valence-corrected chi connectivity index (χ1v) is 4.14. The lowest BCUT2D eigenvalue weighted by atomic mass is 10.0. The van der Waals surface area contributed by atoms with Crippen molar-refractivity contribution in [2.45, 2.75) is 30.5 Å². The number of β-amino-alcohol motifs (C(OH)–C–C–N with tert-alkyl or cyclic N) is 1. The quantitative estimate of drug-likeness (QED) is 0.256. The number of rotatable bonds is 1. The summed E-state index contributed by atoms with van der Waals surface area (Å²) in [6.07, 6.45) is -5.25. The first kappa shape index (κ1) is 10.8. The zero-order chi connectivity index (χ0) is 10.0. The Morgan fingerprint density at radius 2 is 1.62 bits per heavy atom. The third-order valence-electron chi connectivity index (χ3n) is 2.29. The van der Waals surface area contributed by atoms with Crippen LogP contribution < -0.4 is 5.32 Å². The predicted molar refractivity (Wildman–Crippen MR) is 42.9 cm³/mol. The van der Waals surface area contributed by atoms with Crippen LogP contribution in [-0.2, 0) is 0 Å². The molecule has 0 bridgehead atoms. The smallest absolute Gasteiger partial charge is 0.110 e. The Hall–Kier alpha value is -0.240. The average molecular weight is 193 g/mol. The van der Waals surface area contributed by atoms with Crippen LogP contribution in [0.2, 0.25) is 0 Å². The molecule has 0 aliphatic carbocycles. The molecule has 0 radical (unpaired) electrons. The van der Waals surface area contributed by atoms with E-state index in [-0.39, 0.29) is 13.2 Å². The molecule has 1 aliphatic heterocycles. The number of aliphatic hydroxyl groups is 5. The van der Waals surface area contributed by atoms with Gasteiger partial charge in [0.25, 0.3) is 0 Å². The molecule has 6 nitrogen and oxygen atoms in total. The van der Waals surface area contributed by atoms with Gasteiger partial charge in [0, 0.05) is 6.54 Å². The molecule has 0 aromatic heterocycles. The molecule has 0 spiro atoms. The van der Waals surface area contributed by atoms with Gasteiger partial charge in [-0.15, -0.1) is 0 Å². The van der Waals surface area contributed by atoms with Gasteiger partial charge in [0.05, 0.1) is 18.8 Å². The van der Waals surface area contributed by atoms with E-state index in [4.69, 9.17) is 5.11 Å². The summed E-state index contributed by atoms with van der Waals surface area (Å²) in [4.78, 5) is 0. The van der Waals surface area contributed by atoms with Gasteiger partial charge in [0.2, 0.25) is 0 Å². The fourth-order valence-electron chi connectivity index (χ4n) is 1.35. The van der Waals surface area contributed by atoms with Crippen LogP contribution in [0, 0.1) is 0 Å². The van der Waals surface area contributed by atoms with E-state index in [0.29, 0.717) is 0 Å². The molecule has 0 saturated carbocycles. The van der Waals surface area contributed by atoms with E-state index < -0.39 is 30.5 Å². The summed E-state index contributed by atoms with van der Waals surface area (Å²) in [5, 5.41) is 48.5. The molecular weight excluding hydrogens is 178 g/mol. The second-order valence-corrected chi connectivity index (χ2v) is 3.24. The molecule has 5 atom stereocenters. The zero-order valence-corrected chi connectivity index (χ0v) is 7.04. The zero-order valence-electron chi connectivity index (χ0n) is 7.04. The molecule has 78 valence electrons. The first-order valence-electron chi connectivity index (χ1n) is 4.14. The summed E-state index contributed by atoms with van der Waals surface area (Å²) in [5.74, 6) is 0. The lowest BCUT2D eigenvalue weighted by Crippen LogP contribution is -2.48. The van der Waals surface area contributed by atoms with E-state index in [1.165, 1.54) is 0 Å². The van der Waals surface area contributed by atoms with Crippen molar-refractivity contribution in [1.82, 2.24) is 5.32 Å². The van der Waals surface area contributed by atoms with Crippen molar-refractivity contribution < 1.29 is 25.5 Å². The lowest BCUT2D eigenvalue weighted by molar-refractivity contribution is -0.0980. The Bertz CT molecular complexity index is 165. The van der Waals surface area contributed by atoms with Gasteiger partial charge in [-0.1, -0.05) is 0 Å². The second kappa shape index (κ2) is 4.32. The molecule has 0 amide bonds. The van der Waals surface area contributed by atoms with Crippen molar-refractivity contribution in [2.24, 2.45) is 0 Å². The normalized spacial score (nSPS) is 47.3. The number of aliphatic hydroxyl groups excluding tert-OH is 5. The van der Waals surface area contributed by atoms with E-state index in [9.17, 15) is 20.4 Å². The summed E-state index contributed by atoms with van der Waals surface area (Å²) in [5.41, 5.74) is 0. The highest BCUT2D eigenvalue weighted by atomic mass is 16.4. The van der Waals surface area contributed by atoms with Crippen molar-refractivity contribution in [3.63, 3.8) is 0 Å². The van der Waals surface area contributed by atoms with Gasteiger partial charge in [-0.2, -0.15) is 0 Å². The fraction of sp³-hybridized carbons (Fsp3) is 1.00. The minimum atomic E-state index is -1.44. The highest BCUT2D eigenvalue weighted by Gasteiger charge is 2.37. The highest BCUT2D eigenvalue weighted by Crippen LogP contribution is 2.11. The van der Waals surface area contributed by atoms with Crippen molar-refractivity contribution in [1.29, 1.82) is 0 Å². The van der Waals surface area contributed by atoms with Crippen LogP contribution in [0.5, 0.6) is 0 Å². The second-order valence-electron chi connectivity index (χ2n) is 3.24. The van der Waals surface area contributed by atoms with E-state index in [1.807, 2.05) is 0 Å². The minimum absolute atomic E-state index is 0.0283. The van der Waals surface area contributed by atoms with Crippen molar-refractivity contribution in [2.75, 3.05) is 13.2 Å². The highest BCUT2D eigenvalue weighted by molar-refractivity contribution is 4.92. The Kier molecular flexibility index (Phi) is 3.60. The molecule has 1 saturated heterocycles. The van der Waals surface area contributed by atoms with E-state index >= 15 is 0 Å². The molecule has 0 aromatic carbocycles. The van der Waals surface area contributed by atoms with E-state index in [2.05, 4.69) is 5.32 Å². The first-order chi connectivity index (χ1) is 6.07. The maximum Gasteiger partial charge on any atom is 0.110 e. The van der Waals surface area contributed by atoms with Gasteiger partial charge in [0.15, 0.2) is 0 Å². The Balaban J connectivity index is 2.69. The molecule has 1 heterocycles. The largest absolute Gasteiger partial charge is 0.395 e. The third-order valence-corrected chi connectivity index (χ3v) is 2.29. The molecule has 6 heteroatoms. The average Bonchev–Trinajstić information content (AvgIpc) is 2.22. The summed E-state index contributed by atoms with van der Waals surface area (Å²) in [6.45, 7) is -0.335. The van der Waals surface area contributed by atoms with E-state index in [0.717, 1.165) is 0 Å². The van der Waals surface area contributed by atoms with E-state index in [1.54, 1.807) is 0 Å². The van der Waals surface area contributed by atoms with Crippen LogP contribution in [0.4, 0.5) is 0 Å². The third kappa shape index (κ3) is 2.16. The monoisotopic (exact) mass is 193 g/mol. The molecular formula is C7H15NO5. The number of hydrogen-bond acceptors (Lipinski definition) is 6. The number of nitrogens with one attached hydrogen (secondary N) is 1. The summed E-state index contributed by atoms with van der Waals surface area (Å²) in [7, 11) is 0. The van der Waals surface area contributed by atoms with Gasteiger partial charge < -0.3 is 30.8 Å². The minimum Gasteiger partial charge on any atom is -0.395 e. The standard InChI is InChI=1S/C7H15NO5/c9-2-3-5(11)7(13)6(12)4(10)1-8-3/h3-13H,1-2H2/t3-,4-,5-,6-,7+/m1/s1. The molecule has 1 rings (SSSR count). The molecule has 0 unspecified atom stereocenters. The van der Waals surface area contributed by atoms with Gasteiger partial charge in [-0.05, 0) is 0 Å². The van der Waals surface area contributed by atoms with Crippen LogP contribution in [0.1, 0.15) is 0 Å². The van der Waals surface area contributed by atoms with Gasteiger partial charge >= 0.3 is 0 Å². The predicted octanol–water partition coefficient (Wildman–Crippen LogP) is -3.61. The fourth-order valence-corrected chi connectivity index (χ4v) is 1.35.